The van der Waals surface area contributed by atoms with Gasteiger partial charge in [-0.1, -0.05) is 6.07 Å². The molecular formula is C9H11N5. The topological polar surface area (TPSA) is 56.5 Å². The molecule has 0 fully saturated rings. The molecule has 0 N–H and O–H groups in total. The van der Waals surface area contributed by atoms with Crippen molar-refractivity contribution in [3.8, 4) is 11.5 Å². The lowest BCUT2D eigenvalue weighted by atomic mass is 10.1. The predicted octanol–water partition coefficient (Wildman–Crippen LogP) is 0.889. The van der Waals surface area contributed by atoms with Gasteiger partial charge in [0.05, 0.1) is 7.05 Å². The van der Waals surface area contributed by atoms with Crippen LogP contribution in [0.5, 0.6) is 0 Å². The summed E-state index contributed by atoms with van der Waals surface area (Å²) in [6, 6.07) is 2.05. The average molecular weight is 189 g/mol. The van der Waals surface area contributed by atoms with Crippen LogP contribution in [-0.4, -0.2) is 25.2 Å². The second-order valence-electron chi connectivity index (χ2n) is 3.28. The number of tetrazole rings is 1. The Morgan fingerprint density at radius 3 is 2.64 bits per heavy atom. The first-order chi connectivity index (χ1) is 6.66. The van der Waals surface area contributed by atoms with Gasteiger partial charge in [0.25, 0.3) is 0 Å². The Bertz CT molecular complexity index is 460. The predicted molar refractivity (Wildman–Crippen MR) is 51.5 cm³/mol. The molecule has 2 aromatic rings. The Labute approximate surface area is 81.8 Å². The number of aromatic nitrogens is 5. The van der Waals surface area contributed by atoms with Crippen molar-refractivity contribution >= 4 is 0 Å². The summed E-state index contributed by atoms with van der Waals surface area (Å²) in [5, 5.41) is 11.8. The van der Waals surface area contributed by atoms with Crippen LogP contribution in [0.15, 0.2) is 12.3 Å². The molecule has 72 valence electrons. The van der Waals surface area contributed by atoms with Crippen molar-refractivity contribution in [3.63, 3.8) is 0 Å². The molecule has 0 amide bonds. The molecule has 5 nitrogen and oxygen atoms in total. The fraction of sp³-hybridized carbons (Fsp3) is 0.333. The number of hydrogen-bond acceptors (Lipinski definition) is 4. The third-order valence-electron chi connectivity index (χ3n) is 1.94. The summed E-state index contributed by atoms with van der Waals surface area (Å²) in [5.41, 5.74) is 3.00. The van der Waals surface area contributed by atoms with Crippen molar-refractivity contribution < 1.29 is 0 Å². The lowest BCUT2D eigenvalue weighted by molar-refractivity contribution is 0.630. The standard InChI is InChI=1S/C9H11N5/c1-6-4-7(2)8(10-5-6)9-11-13-14(3)12-9/h4-5H,1-3H3. The van der Waals surface area contributed by atoms with E-state index < -0.39 is 0 Å². The number of pyridine rings is 1. The summed E-state index contributed by atoms with van der Waals surface area (Å²) in [6.45, 7) is 4.00. The Hall–Kier alpha value is -1.78. The molecule has 0 aliphatic carbocycles. The number of rotatable bonds is 1. The van der Waals surface area contributed by atoms with E-state index in [-0.39, 0.29) is 0 Å². The van der Waals surface area contributed by atoms with Gasteiger partial charge in [0, 0.05) is 6.20 Å². The minimum Gasteiger partial charge on any atom is -0.252 e. The van der Waals surface area contributed by atoms with Gasteiger partial charge >= 0.3 is 0 Å². The molecule has 14 heavy (non-hydrogen) atoms. The van der Waals surface area contributed by atoms with E-state index in [4.69, 9.17) is 0 Å². The van der Waals surface area contributed by atoms with Crippen LogP contribution in [0.3, 0.4) is 0 Å². The Morgan fingerprint density at radius 2 is 2.07 bits per heavy atom. The van der Waals surface area contributed by atoms with Crippen LogP contribution in [-0.2, 0) is 7.05 Å². The summed E-state index contributed by atoms with van der Waals surface area (Å²) in [6.07, 6.45) is 1.80. The van der Waals surface area contributed by atoms with E-state index in [1.807, 2.05) is 13.8 Å². The maximum atomic E-state index is 4.28. The van der Waals surface area contributed by atoms with E-state index in [0.717, 1.165) is 16.8 Å². The third kappa shape index (κ3) is 1.48. The molecular weight excluding hydrogens is 178 g/mol. The minimum atomic E-state index is 0.574. The van der Waals surface area contributed by atoms with Gasteiger partial charge in [0.1, 0.15) is 5.69 Å². The fourth-order valence-electron chi connectivity index (χ4n) is 1.33. The monoisotopic (exact) mass is 189 g/mol. The lowest BCUT2D eigenvalue weighted by Crippen LogP contribution is -1.94. The van der Waals surface area contributed by atoms with E-state index >= 15 is 0 Å². The first-order valence-corrected chi connectivity index (χ1v) is 4.34. The molecule has 0 radical (unpaired) electrons. The molecule has 2 aromatic heterocycles. The van der Waals surface area contributed by atoms with Gasteiger partial charge < -0.3 is 0 Å². The van der Waals surface area contributed by atoms with Gasteiger partial charge in [0.15, 0.2) is 0 Å². The molecule has 0 aliphatic rings. The molecule has 0 aliphatic heterocycles. The van der Waals surface area contributed by atoms with Gasteiger partial charge in [-0.05, 0) is 30.2 Å². The van der Waals surface area contributed by atoms with Gasteiger partial charge in [-0.15, -0.1) is 10.2 Å². The average Bonchev–Trinajstić information content (AvgIpc) is 2.51. The van der Waals surface area contributed by atoms with Crippen LogP contribution < -0.4 is 0 Å². The van der Waals surface area contributed by atoms with Crippen molar-refractivity contribution in [2.75, 3.05) is 0 Å². The van der Waals surface area contributed by atoms with Crippen molar-refractivity contribution in [2.24, 2.45) is 7.05 Å². The van der Waals surface area contributed by atoms with Gasteiger partial charge in [-0.2, -0.15) is 4.80 Å². The van der Waals surface area contributed by atoms with Crippen LogP contribution in [0, 0.1) is 13.8 Å². The molecule has 0 spiro atoms. The molecule has 0 saturated carbocycles. The normalized spacial score (nSPS) is 10.5. The van der Waals surface area contributed by atoms with Crippen LogP contribution in [0.4, 0.5) is 0 Å². The highest BCUT2D eigenvalue weighted by Crippen LogP contribution is 2.16. The largest absolute Gasteiger partial charge is 0.252 e. The summed E-state index contributed by atoms with van der Waals surface area (Å²) in [4.78, 5) is 5.71. The van der Waals surface area contributed by atoms with Gasteiger partial charge in [-0.3, -0.25) is 4.98 Å². The van der Waals surface area contributed by atoms with E-state index in [1.165, 1.54) is 4.80 Å². The second kappa shape index (κ2) is 3.17. The van der Waals surface area contributed by atoms with Crippen LogP contribution in [0.25, 0.3) is 11.5 Å². The van der Waals surface area contributed by atoms with Gasteiger partial charge in [-0.25, -0.2) is 0 Å². The second-order valence-corrected chi connectivity index (χ2v) is 3.28. The number of nitrogens with zero attached hydrogens (tertiary/aromatic N) is 5. The molecule has 0 bridgehead atoms. The summed E-state index contributed by atoms with van der Waals surface area (Å²) in [7, 11) is 1.74. The van der Waals surface area contributed by atoms with E-state index in [2.05, 4.69) is 26.5 Å². The zero-order valence-corrected chi connectivity index (χ0v) is 8.39. The molecule has 0 saturated heterocycles. The Kier molecular flexibility index (Phi) is 1.99. The minimum absolute atomic E-state index is 0.574. The molecule has 0 unspecified atom stereocenters. The summed E-state index contributed by atoms with van der Waals surface area (Å²) < 4.78 is 0. The smallest absolute Gasteiger partial charge is 0.223 e. The molecule has 0 aromatic carbocycles. The lowest BCUT2D eigenvalue weighted by Gasteiger charge is -2.00. The van der Waals surface area contributed by atoms with Crippen molar-refractivity contribution in [1.82, 2.24) is 25.2 Å². The molecule has 5 heteroatoms. The highest BCUT2D eigenvalue weighted by Gasteiger charge is 2.08. The van der Waals surface area contributed by atoms with E-state index in [0.29, 0.717) is 5.82 Å². The van der Waals surface area contributed by atoms with E-state index in [9.17, 15) is 0 Å². The first kappa shape index (κ1) is 8.80. The third-order valence-corrected chi connectivity index (χ3v) is 1.94. The molecule has 2 rings (SSSR count). The van der Waals surface area contributed by atoms with Crippen LogP contribution in [0.1, 0.15) is 11.1 Å². The summed E-state index contributed by atoms with van der Waals surface area (Å²) in [5.74, 6) is 0.574. The highest BCUT2D eigenvalue weighted by atomic mass is 15.6. The van der Waals surface area contributed by atoms with E-state index in [1.54, 1.807) is 13.2 Å². The maximum Gasteiger partial charge on any atom is 0.223 e. The molecule has 0 atom stereocenters. The zero-order chi connectivity index (χ0) is 10.1. The van der Waals surface area contributed by atoms with Crippen LogP contribution in [0.2, 0.25) is 0 Å². The van der Waals surface area contributed by atoms with Gasteiger partial charge in [0.2, 0.25) is 5.82 Å². The highest BCUT2D eigenvalue weighted by molar-refractivity contribution is 5.53. The summed E-state index contributed by atoms with van der Waals surface area (Å²) >= 11 is 0. The number of hydrogen-bond donors (Lipinski definition) is 0. The fourth-order valence-corrected chi connectivity index (χ4v) is 1.33. The zero-order valence-electron chi connectivity index (χ0n) is 8.39. The Morgan fingerprint density at radius 1 is 1.29 bits per heavy atom. The Balaban J connectivity index is 2.52. The van der Waals surface area contributed by atoms with Crippen molar-refractivity contribution in [3.05, 3.63) is 23.4 Å². The quantitative estimate of drug-likeness (QED) is 0.668. The maximum absolute atomic E-state index is 4.28. The SMILES string of the molecule is Cc1cnc(-c2nnn(C)n2)c(C)c1. The van der Waals surface area contributed by atoms with Crippen molar-refractivity contribution in [1.29, 1.82) is 0 Å². The first-order valence-electron chi connectivity index (χ1n) is 4.34. The van der Waals surface area contributed by atoms with Crippen LogP contribution >= 0.6 is 0 Å². The molecule has 2 heterocycles. The number of aryl methyl sites for hydroxylation is 3. The van der Waals surface area contributed by atoms with Crippen molar-refractivity contribution in [2.45, 2.75) is 13.8 Å².